The highest BCUT2D eigenvalue weighted by Crippen LogP contribution is 2.25. The Morgan fingerprint density at radius 3 is 2.86 bits per heavy atom. The zero-order valence-corrected chi connectivity index (χ0v) is 16.3. The molecule has 1 aromatic rings. The summed E-state index contributed by atoms with van der Waals surface area (Å²) in [6.45, 7) is 6.20. The second kappa shape index (κ2) is 10.3. The average Bonchev–Trinajstić information content (AvgIpc) is 2.99. The molecule has 0 radical (unpaired) electrons. The van der Waals surface area contributed by atoms with Crippen molar-refractivity contribution < 1.29 is 4.39 Å². The third-order valence-electron chi connectivity index (χ3n) is 3.51. The molecule has 124 valence electrons. The Hall–Kier alpha value is -0.500. The Balaban J connectivity index is 0.00000242. The standard InChI is InChI=1S/C16H24FN3S.HI/c1-3-18-16(20-11-14-5-4-8-21-14)19-10-13-6-7-15(17)12(2)9-13;/h6-7,9,14H,3-5,8,10-11H2,1-2H3,(H2,18,19,20);1H. The lowest BCUT2D eigenvalue weighted by Crippen LogP contribution is -2.40. The van der Waals surface area contributed by atoms with Crippen LogP contribution in [0.2, 0.25) is 0 Å². The first-order valence-corrected chi connectivity index (χ1v) is 8.62. The first-order valence-electron chi connectivity index (χ1n) is 7.58. The first-order chi connectivity index (χ1) is 10.2. The van der Waals surface area contributed by atoms with Gasteiger partial charge in [-0.3, -0.25) is 0 Å². The molecule has 0 spiro atoms. The van der Waals surface area contributed by atoms with E-state index < -0.39 is 0 Å². The van der Waals surface area contributed by atoms with Crippen LogP contribution in [0.1, 0.15) is 30.9 Å². The van der Waals surface area contributed by atoms with Crippen LogP contribution >= 0.6 is 35.7 Å². The topological polar surface area (TPSA) is 36.4 Å². The predicted octanol–water partition coefficient (Wildman–Crippen LogP) is 3.70. The third kappa shape index (κ3) is 6.32. The number of guanidine groups is 1. The lowest BCUT2D eigenvalue weighted by molar-refractivity contribution is 0.617. The van der Waals surface area contributed by atoms with Crippen molar-refractivity contribution in [3.8, 4) is 0 Å². The van der Waals surface area contributed by atoms with Gasteiger partial charge in [0.05, 0.1) is 6.54 Å². The molecule has 0 aromatic heterocycles. The van der Waals surface area contributed by atoms with Crippen molar-refractivity contribution in [2.24, 2.45) is 4.99 Å². The third-order valence-corrected chi connectivity index (χ3v) is 4.91. The van der Waals surface area contributed by atoms with Crippen molar-refractivity contribution in [3.05, 3.63) is 35.1 Å². The highest BCUT2D eigenvalue weighted by atomic mass is 127. The second-order valence-electron chi connectivity index (χ2n) is 5.29. The fraction of sp³-hybridized carbons (Fsp3) is 0.562. The van der Waals surface area contributed by atoms with Gasteiger partial charge in [0.15, 0.2) is 5.96 Å². The Morgan fingerprint density at radius 1 is 1.41 bits per heavy atom. The number of hydrogen-bond acceptors (Lipinski definition) is 2. The molecule has 2 N–H and O–H groups in total. The van der Waals surface area contributed by atoms with E-state index in [4.69, 9.17) is 0 Å². The van der Waals surface area contributed by atoms with E-state index in [1.54, 1.807) is 13.0 Å². The SMILES string of the molecule is CCNC(=NCc1ccc(F)c(C)c1)NCC1CCCS1.I. The summed E-state index contributed by atoms with van der Waals surface area (Å²) in [4.78, 5) is 4.58. The van der Waals surface area contributed by atoms with Crippen molar-refractivity contribution in [2.75, 3.05) is 18.8 Å². The maximum Gasteiger partial charge on any atom is 0.191 e. The molecule has 2 rings (SSSR count). The Bertz CT molecular complexity index is 490. The number of nitrogens with one attached hydrogen (secondary N) is 2. The van der Waals surface area contributed by atoms with E-state index in [1.807, 2.05) is 17.8 Å². The molecule has 0 saturated carbocycles. The van der Waals surface area contributed by atoms with Gasteiger partial charge in [-0.25, -0.2) is 9.38 Å². The molecular formula is C16H25FIN3S. The van der Waals surface area contributed by atoms with Gasteiger partial charge in [-0.2, -0.15) is 11.8 Å². The van der Waals surface area contributed by atoms with Crippen LogP contribution in [0.15, 0.2) is 23.2 Å². The zero-order chi connectivity index (χ0) is 15.1. The van der Waals surface area contributed by atoms with Gasteiger partial charge in [-0.1, -0.05) is 12.1 Å². The number of aliphatic imine (C=N–C) groups is 1. The molecule has 1 atom stereocenters. The van der Waals surface area contributed by atoms with E-state index in [-0.39, 0.29) is 29.8 Å². The maximum atomic E-state index is 13.2. The van der Waals surface area contributed by atoms with Crippen molar-refractivity contribution in [2.45, 2.75) is 38.5 Å². The van der Waals surface area contributed by atoms with Gasteiger partial charge in [0.25, 0.3) is 0 Å². The zero-order valence-electron chi connectivity index (χ0n) is 13.2. The van der Waals surface area contributed by atoms with Crippen LogP contribution in [0.5, 0.6) is 0 Å². The molecule has 1 aromatic carbocycles. The lowest BCUT2D eigenvalue weighted by atomic mass is 10.1. The molecular weight excluding hydrogens is 412 g/mol. The number of aryl methyl sites for hydroxylation is 1. The van der Waals surface area contributed by atoms with E-state index >= 15 is 0 Å². The number of nitrogens with zero attached hydrogens (tertiary/aromatic N) is 1. The molecule has 0 amide bonds. The number of thioether (sulfide) groups is 1. The monoisotopic (exact) mass is 437 g/mol. The van der Waals surface area contributed by atoms with Crippen LogP contribution in [-0.2, 0) is 6.54 Å². The molecule has 1 heterocycles. The summed E-state index contributed by atoms with van der Waals surface area (Å²) in [6.07, 6.45) is 2.60. The minimum atomic E-state index is -0.161. The summed E-state index contributed by atoms with van der Waals surface area (Å²) >= 11 is 2.03. The van der Waals surface area contributed by atoms with E-state index in [0.717, 1.165) is 24.6 Å². The quantitative estimate of drug-likeness (QED) is 0.419. The number of halogens is 2. The summed E-state index contributed by atoms with van der Waals surface area (Å²) in [5.41, 5.74) is 1.70. The van der Waals surface area contributed by atoms with Crippen molar-refractivity contribution in [1.29, 1.82) is 0 Å². The van der Waals surface area contributed by atoms with E-state index in [2.05, 4.69) is 22.5 Å². The van der Waals surface area contributed by atoms with Crippen molar-refractivity contribution in [1.82, 2.24) is 10.6 Å². The maximum absolute atomic E-state index is 13.2. The minimum Gasteiger partial charge on any atom is -0.357 e. The predicted molar refractivity (Wildman–Crippen MR) is 105 cm³/mol. The number of benzene rings is 1. The molecule has 6 heteroatoms. The second-order valence-corrected chi connectivity index (χ2v) is 6.70. The molecule has 1 fully saturated rings. The summed E-state index contributed by atoms with van der Waals surface area (Å²) in [5.74, 6) is 1.95. The van der Waals surface area contributed by atoms with Gasteiger partial charge in [0.2, 0.25) is 0 Å². The first kappa shape index (κ1) is 19.5. The molecule has 1 aliphatic rings. The van der Waals surface area contributed by atoms with Crippen LogP contribution in [0.25, 0.3) is 0 Å². The Morgan fingerprint density at radius 2 is 2.23 bits per heavy atom. The molecule has 1 saturated heterocycles. The van der Waals surface area contributed by atoms with Crippen molar-refractivity contribution in [3.63, 3.8) is 0 Å². The van der Waals surface area contributed by atoms with Crippen LogP contribution in [0, 0.1) is 12.7 Å². The van der Waals surface area contributed by atoms with Gasteiger partial charge in [-0.05, 0) is 49.6 Å². The van der Waals surface area contributed by atoms with Crippen LogP contribution in [0.4, 0.5) is 4.39 Å². The molecule has 1 aliphatic heterocycles. The number of hydrogen-bond donors (Lipinski definition) is 2. The fourth-order valence-corrected chi connectivity index (χ4v) is 3.53. The van der Waals surface area contributed by atoms with Gasteiger partial charge in [0, 0.05) is 18.3 Å². The van der Waals surface area contributed by atoms with Gasteiger partial charge in [0.1, 0.15) is 5.82 Å². The van der Waals surface area contributed by atoms with E-state index in [1.165, 1.54) is 24.7 Å². The Labute approximate surface area is 154 Å². The summed E-state index contributed by atoms with van der Waals surface area (Å²) in [7, 11) is 0. The molecule has 3 nitrogen and oxygen atoms in total. The minimum absolute atomic E-state index is 0. The fourth-order valence-electron chi connectivity index (χ4n) is 2.33. The normalized spacial score (nSPS) is 18.0. The summed E-state index contributed by atoms with van der Waals surface area (Å²) in [5, 5.41) is 7.36. The van der Waals surface area contributed by atoms with Crippen molar-refractivity contribution >= 4 is 41.7 Å². The smallest absolute Gasteiger partial charge is 0.191 e. The van der Waals surface area contributed by atoms with Gasteiger partial charge >= 0.3 is 0 Å². The van der Waals surface area contributed by atoms with Gasteiger partial charge < -0.3 is 10.6 Å². The lowest BCUT2D eigenvalue weighted by Gasteiger charge is -2.14. The molecule has 22 heavy (non-hydrogen) atoms. The largest absolute Gasteiger partial charge is 0.357 e. The number of rotatable bonds is 5. The average molecular weight is 437 g/mol. The molecule has 0 bridgehead atoms. The highest BCUT2D eigenvalue weighted by Gasteiger charge is 2.15. The van der Waals surface area contributed by atoms with Crippen LogP contribution in [-0.4, -0.2) is 30.1 Å². The van der Waals surface area contributed by atoms with Crippen LogP contribution in [0.3, 0.4) is 0 Å². The van der Waals surface area contributed by atoms with E-state index in [0.29, 0.717) is 17.4 Å². The summed E-state index contributed by atoms with van der Waals surface area (Å²) in [6, 6.07) is 5.16. The summed E-state index contributed by atoms with van der Waals surface area (Å²) < 4.78 is 13.2. The highest BCUT2D eigenvalue weighted by molar-refractivity contribution is 14.0. The van der Waals surface area contributed by atoms with E-state index in [9.17, 15) is 4.39 Å². The van der Waals surface area contributed by atoms with Gasteiger partial charge in [-0.15, -0.1) is 24.0 Å². The van der Waals surface area contributed by atoms with Crippen LogP contribution < -0.4 is 10.6 Å². The Kier molecular flexibility index (Phi) is 9.16. The molecule has 1 unspecified atom stereocenters. The molecule has 0 aliphatic carbocycles.